The first kappa shape index (κ1) is 19.1. The molecule has 0 saturated carbocycles. The average molecular weight is 311 g/mol. The number of aromatic amines is 1. The van der Waals surface area contributed by atoms with Gasteiger partial charge in [-0.1, -0.05) is 19.8 Å². The second-order valence-electron chi connectivity index (χ2n) is 7.09. The van der Waals surface area contributed by atoms with Crippen LogP contribution in [0.5, 0.6) is 0 Å². The Kier molecular flexibility index (Phi) is 8.07. The van der Waals surface area contributed by atoms with Gasteiger partial charge in [-0.2, -0.15) is 0 Å². The van der Waals surface area contributed by atoms with Crippen molar-refractivity contribution in [2.75, 3.05) is 19.7 Å². The third-order valence-electron chi connectivity index (χ3n) is 3.99. The van der Waals surface area contributed by atoms with Gasteiger partial charge in [-0.3, -0.25) is 4.90 Å². The summed E-state index contributed by atoms with van der Waals surface area (Å²) < 4.78 is 0. The molecule has 1 unspecified atom stereocenters. The molecule has 3 N–H and O–H groups in total. The van der Waals surface area contributed by atoms with E-state index in [1.165, 1.54) is 0 Å². The van der Waals surface area contributed by atoms with Crippen LogP contribution in [0.25, 0.3) is 0 Å². The normalized spacial score (nSPS) is 13.8. The van der Waals surface area contributed by atoms with Crippen molar-refractivity contribution in [1.82, 2.24) is 14.9 Å². The average Bonchev–Trinajstić information content (AvgIpc) is 2.80. The van der Waals surface area contributed by atoms with E-state index in [4.69, 9.17) is 0 Å². The number of aryl methyl sites for hydroxylation is 1. The van der Waals surface area contributed by atoms with Crippen LogP contribution in [0, 0.1) is 12.8 Å². The number of rotatable bonds is 11. The van der Waals surface area contributed by atoms with Crippen molar-refractivity contribution in [3.8, 4) is 0 Å². The first-order valence-electron chi connectivity index (χ1n) is 8.36. The van der Waals surface area contributed by atoms with Crippen LogP contribution in [0.1, 0.15) is 58.0 Å². The summed E-state index contributed by atoms with van der Waals surface area (Å²) in [6.45, 7) is 10.6. The summed E-state index contributed by atoms with van der Waals surface area (Å²) in [5, 5.41) is 19.0. The van der Waals surface area contributed by atoms with Crippen molar-refractivity contribution in [2.45, 2.75) is 65.5 Å². The molecule has 0 fully saturated rings. The Hall–Kier alpha value is -0.910. The van der Waals surface area contributed by atoms with Gasteiger partial charge >= 0.3 is 0 Å². The molecule has 0 bridgehead atoms. The Morgan fingerprint density at radius 1 is 1.32 bits per heavy atom. The molecule has 1 heterocycles. The predicted octanol–water partition coefficient (Wildman–Crippen LogP) is 2.48. The number of aromatic nitrogens is 2. The third-order valence-corrected chi connectivity index (χ3v) is 3.99. The van der Waals surface area contributed by atoms with Gasteiger partial charge in [-0.25, -0.2) is 4.98 Å². The van der Waals surface area contributed by atoms with E-state index < -0.39 is 5.60 Å². The molecule has 5 heteroatoms. The fourth-order valence-corrected chi connectivity index (χ4v) is 2.63. The smallest absolute Gasteiger partial charge is 0.103 e. The molecule has 1 aromatic rings. The van der Waals surface area contributed by atoms with E-state index in [-0.39, 0.29) is 6.61 Å². The van der Waals surface area contributed by atoms with Crippen molar-refractivity contribution < 1.29 is 10.2 Å². The van der Waals surface area contributed by atoms with Crippen LogP contribution < -0.4 is 0 Å². The highest BCUT2D eigenvalue weighted by Crippen LogP contribution is 2.18. The molecule has 0 saturated heterocycles. The molecule has 0 aliphatic carbocycles. The van der Waals surface area contributed by atoms with E-state index in [2.05, 4.69) is 21.8 Å². The zero-order chi connectivity index (χ0) is 16.6. The van der Waals surface area contributed by atoms with E-state index in [0.29, 0.717) is 12.5 Å². The number of hydrogen-bond donors (Lipinski definition) is 3. The quantitative estimate of drug-likeness (QED) is 0.587. The van der Waals surface area contributed by atoms with Gasteiger partial charge < -0.3 is 15.2 Å². The van der Waals surface area contributed by atoms with Crippen molar-refractivity contribution in [1.29, 1.82) is 0 Å². The van der Waals surface area contributed by atoms with E-state index in [1.807, 2.05) is 27.0 Å². The van der Waals surface area contributed by atoms with E-state index in [1.54, 1.807) is 0 Å². The minimum atomic E-state index is -0.554. The second kappa shape index (κ2) is 9.28. The van der Waals surface area contributed by atoms with Gasteiger partial charge in [0.15, 0.2) is 0 Å². The van der Waals surface area contributed by atoms with Gasteiger partial charge in [0.05, 0.1) is 12.2 Å². The molecular formula is C17H33N3O2. The van der Waals surface area contributed by atoms with Gasteiger partial charge in [0.25, 0.3) is 0 Å². The standard InChI is InChI=1S/C17H33N3O2/c1-14(6-5-8-17(3,4)22)7-9-20(10-11-21)13-16-12-18-15(2)19-16/h12,14,21-22H,5-11,13H2,1-4H3,(H,18,19). The van der Waals surface area contributed by atoms with Gasteiger partial charge in [0, 0.05) is 25.0 Å². The van der Waals surface area contributed by atoms with Crippen molar-refractivity contribution in [2.24, 2.45) is 5.92 Å². The maximum absolute atomic E-state index is 9.74. The van der Waals surface area contributed by atoms with Crippen LogP contribution in [0.3, 0.4) is 0 Å². The monoisotopic (exact) mass is 311 g/mol. The Morgan fingerprint density at radius 2 is 2.05 bits per heavy atom. The van der Waals surface area contributed by atoms with Crippen LogP contribution in [0.2, 0.25) is 0 Å². The topological polar surface area (TPSA) is 72.4 Å². The summed E-state index contributed by atoms with van der Waals surface area (Å²) in [7, 11) is 0. The predicted molar refractivity (Wildman–Crippen MR) is 89.6 cm³/mol. The molecule has 1 rings (SSSR count). The van der Waals surface area contributed by atoms with Crippen LogP contribution in [0.4, 0.5) is 0 Å². The molecule has 5 nitrogen and oxygen atoms in total. The summed E-state index contributed by atoms with van der Waals surface area (Å²) in [6, 6.07) is 0. The fourth-order valence-electron chi connectivity index (χ4n) is 2.63. The Labute approximate surface area is 134 Å². The summed E-state index contributed by atoms with van der Waals surface area (Å²) in [4.78, 5) is 9.72. The lowest BCUT2D eigenvalue weighted by molar-refractivity contribution is 0.0666. The first-order chi connectivity index (χ1) is 10.3. The zero-order valence-electron chi connectivity index (χ0n) is 14.6. The number of nitrogens with one attached hydrogen (secondary N) is 1. The Bertz CT molecular complexity index is 412. The van der Waals surface area contributed by atoms with Crippen LogP contribution in [-0.4, -0.2) is 50.4 Å². The van der Waals surface area contributed by atoms with E-state index in [9.17, 15) is 10.2 Å². The minimum absolute atomic E-state index is 0.181. The van der Waals surface area contributed by atoms with Gasteiger partial charge in [0.1, 0.15) is 5.82 Å². The molecule has 0 aromatic carbocycles. The van der Waals surface area contributed by atoms with E-state index >= 15 is 0 Å². The SMILES string of the molecule is Cc1ncc(CN(CCO)CCC(C)CCCC(C)(C)O)[nH]1. The van der Waals surface area contributed by atoms with Gasteiger partial charge in [-0.15, -0.1) is 0 Å². The number of aliphatic hydroxyl groups is 2. The van der Waals surface area contributed by atoms with Gasteiger partial charge in [0.2, 0.25) is 0 Å². The van der Waals surface area contributed by atoms with E-state index in [0.717, 1.165) is 50.3 Å². The van der Waals surface area contributed by atoms with Crippen molar-refractivity contribution in [3.63, 3.8) is 0 Å². The van der Waals surface area contributed by atoms with Crippen LogP contribution in [0.15, 0.2) is 6.20 Å². The van der Waals surface area contributed by atoms with Crippen molar-refractivity contribution >= 4 is 0 Å². The Balaban J connectivity index is 2.30. The van der Waals surface area contributed by atoms with Crippen LogP contribution in [-0.2, 0) is 6.54 Å². The Morgan fingerprint density at radius 3 is 2.59 bits per heavy atom. The third kappa shape index (κ3) is 8.51. The molecule has 1 atom stereocenters. The lowest BCUT2D eigenvalue weighted by atomic mass is 9.95. The minimum Gasteiger partial charge on any atom is -0.395 e. The highest BCUT2D eigenvalue weighted by molar-refractivity contribution is 4.99. The summed E-state index contributed by atoms with van der Waals surface area (Å²) in [5.74, 6) is 1.56. The maximum Gasteiger partial charge on any atom is 0.103 e. The largest absolute Gasteiger partial charge is 0.395 e. The lowest BCUT2D eigenvalue weighted by Crippen LogP contribution is -2.28. The highest BCUT2D eigenvalue weighted by Gasteiger charge is 2.14. The summed E-state index contributed by atoms with van der Waals surface area (Å²) in [5.41, 5.74) is 0.543. The second-order valence-corrected chi connectivity index (χ2v) is 7.09. The molecule has 22 heavy (non-hydrogen) atoms. The molecule has 1 aromatic heterocycles. The maximum atomic E-state index is 9.74. The highest BCUT2D eigenvalue weighted by atomic mass is 16.3. The molecular weight excluding hydrogens is 278 g/mol. The van der Waals surface area contributed by atoms with Gasteiger partial charge in [-0.05, 0) is 46.1 Å². The lowest BCUT2D eigenvalue weighted by Gasteiger charge is -2.23. The summed E-state index contributed by atoms with van der Waals surface area (Å²) >= 11 is 0. The molecule has 0 amide bonds. The number of H-pyrrole nitrogens is 1. The fraction of sp³-hybridized carbons (Fsp3) is 0.824. The number of hydrogen-bond acceptors (Lipinski definition) is 4. The van der Waals surface area contributed by atoms with Crippen LogP contribution >= 0.6 is 0 Å². The molecule has 0 spiro atoms. The number of aliphatic hydroxyl groups excluding tert-OH is 1. The summed E-state index contributed by atoms with van der Waals surface area (Å²) in [6.07, 6.45) is 6.03. The zero-order valence-corrected chi connectivity index (χ0v) is 14.6. The molecule has 0 radical (unpaired) electrons. The first-order valence-corrected chi connectivity index (χ1v) is 8.36. The molecule has 128 valence electrons. The van der Waals surface area contributed by atoms with Crippen molar-refractivity contribution in [3.05, 3.63) is 17.7 Å². The number of imidazole rings is 1. The molecule has 0 aliphatic rings. The number of nitrogens with zero attached hydrogens (tertiary/aromatic N) is 2. The molecule has 0 aliphatic heterocycles.